The number of rotatable bonds is 9. The smallest absolute Gasteiger partial charge is 0.306 e. The highest BCUT2D eigenvalue weighted by atomic mass is 16.6. The Morgan fingerprint density at radius 3 is 2.30 bits per heavy atom. The molecule has 0 spiro atoms. The third-order valence-corrected chi connectivity index (χ3v) is 2.87. The molecule has 0 heterocycles. The van der Waals surface area contributed by atoms with E-state index in [-0.39, 0.29) is 30.8 Å². The van der Waals surface area contributed by atoms with Gasteiger partial charge in [0.15, 0.2) is 0 Å². The van der Waals surface area contributed by atoms with Crippen molar-refractivity contribution in [3.63, 3.8) is 0 Å². The molecule has 1 unspecified atom stereocenters. The first-order valence-electron chi connectivity index (χ1n) is 7.75. The summed E-state index contributed by atoms with van der Waals surface area (Å²) in [5.74, 6) is -0.387. The fraction of sp³-hybridized carbons (Fsp3) is 0.875. The van der Waals surface area contributed by atoms with Crippen LogP contribution in [0.4, 0.5) is 0 Å². The van der Waals surface area contributed by atoms with Crippen molar-refractivity contribution >= 4 is 11.9 Å². The van der Waals surface area contributed by atoms with Crippen LogP contribution in [0.25, 0.3) is 0 Å². The maximum Gasteiger partial charge on any atom is 0.306 e. The molecule has 0 aromatic carbocycles. The van der Waals surface area contributed by atoms with E-state index in [2.05, 4.69) is 12.2 Å². The maximum absolute atomic E-state index is 11.7. The Morgan fingerprint density at radius 1 is 1.10 bits per heavy atom. The molecule has 0 aromatic rings. The second-order valence-corrected chi connectivity index (χ2v) is 6.40. The molecule has 20 heavy (non-hydrogen) atoms. The molecule has 0 saturated carbocycles. The number of unbranched alkanes of at least 4 members (excludes halogenated alkanes) is 3. The van der Waals surface area contributed by atoms with Gasteiger partial charge in [-0.05, 0) is 34.1 Å². The molecular weight excluding hydrogens is 254 g/mol. The number of nitrogens with one attached hydrogen (secondary N) is 1. The van der Waals surface area contributed by atoms with Gasteiger partial charge in [-0.1, -0.05) is 32.6 Å². The summed E-state index contributed by atoms with van der Waals surface area (Å²) in [6.07, 6.45) is 6.17. The molecule has 1 amide bonds. The highest BCUT2D eigenvalue weighted by Crippen LogP contribution is 2.09. The predicted octanol–water partition coefficient (Wildman–Crippen LogP) is 3.58. The Labute approximate surface area is 123 Å². The first kappa shape index (κ1) is 18.9. The molecule has 0 aliphatic rings. The Bertz CT molecular complexity index is 295. The van der Waals surface area contributed by atoms with Gasteiger partial charge in [0.25, 0.3) is 0 Å². The van der Waals surface area contributed by atoms with Crippen LogP contribution in [-0.2, 0) is 14.3 Å². The Kier molecular flexibility index (Phi) is 9.26. The fourth-order valence-electron chi connectivity index (χ4n) is 1.90. The van der Waals surface area contributed by atoms with Gasteiger partial charge in [0.2, 0.25) is 5.91 Å². The first-order chi connectivity index (χ1) is 9.24. The zero-order valence-electron chi connectivity index (χ0n) is 13.8. The zero-order valence-corrected chi connectivity index (χ0v) is 13.8. The van der Waals surface area contributed by atoms with Crippen molar-refractivity contribution in [2.24, 2.45) is 0 Å². The van der Waals surface area contributed by atoms with Crippen LogP contribution in [0.1, 0.15) is 79.6 Å². The quantitative estimate of drug-likeness (QED) is 0.520. The van der Waals surface area contributed by atoms with Gasteiger partial charge < -0.3 is 10.1 Å². The lowest BCUT2D eigenvalue weighted by molar-refractivity contribution is -0.155. The summed E-state index contributed by atoms with van der Waals surface area (Å²) in [6.45, 7) is 9.66. The zero-order chi connectivity index (χ0) is 15.6. The van der Waals surface area contributed by atoms with Crippen LogP contribution in [0, 0.1) is 0 Å². The molecule has 0 aliphatic carbocycles. The average molecular weight is 285 g/mol. The minimum absolute atomic E-state index is 0.0705. The van der Waals surface area contributed by atoms with E-state index in [0.717, 1.165) is 12.8 Å². The van der Waals surface area contributed by atoms with Crippen molar-refractivity contribution in [1.82, 2.24) is 5.32 Å². The van der Waals surface area contributed by atoms with Gasteiger partial charge in [0.1, 0.15) is 5.60 Å². The number of hydrogen-bond donors (Lipinski definition) is 1. The SMILES string of the molecule is CCCCCCC(C)NC(=O)CCC(=O)OC(C)(C)C. The lowest BCUT2D eigenvalue weighted by Crippen LogP contribution is -2.33. The van der Waals surface area contributed by atoms with E-state index in [1.54, 1.807) is 0 Å². The van der Waals surface area contributed by atoms with Gasteiger partial charge in [0.05, 0.1) is 6.42 Å². The molecule has 0 bridgehead atoms. The Balaban J connectivity index is 3.74. The summed E-state index contributed by atoms with van der Waals surface area (Å²) in [5, 5.41) is 2.93. The second-order valence-electron chi connectivity index (χ2n) is 6.40. The van der Waals surface area contributed by atoms with Crippen molar-refractivity contribution in [1.29, 1.82) is 0 Å². The highest BCUT2D eigenvalue weighted by Gasteiger charge is 2.17. The number of carbonyl (C=O) groups is 2. The van der Waals surface area contributed by atoms with E-state index < -0.39 is 5.60 Å². The standard InChI is InChI=1S/C16H31NO3/c1-6-7-8-9-10-13(2)17-14(18)11-12-15(19)20-16(3,4)5/h13H,6-12H2,1-5H3,(H,17,18). The molecule has 1 N–H and O–H groups in total. The monoisotopic (exact) mass is 285 g/mol. The van der Waals surface area contributed by atoms with E-state index in [1.165, 1.54) is 19.3 Å². The highest BCUT2D eigenvalue weighted by molar-refractivity contribution is 5.81. The molecule has 0 rings (SSSR count). The first-order valence-corrected chi connectivity index (χ1v) is 7.75. The maximum atomic E-state index is 11.7. The van der Waals surface area contributed by atoms with Gasteiger partial charge in [-0.3, -0.25) is 9.59 Å². The fourth-order valence-corrected chi connectivity index (χ4v) is 1.90. The number of hydrogen-bond acceptors (Lipinski definition) is 3. The minimum Gasteiger partial charge on any atom is -0.460 e. The second kappa shape index (κ2) is 9.78. The normalized spacial score (nSPS) is 12.8. The van der Waals surface area contributed by atoms with Crippen molar-refractivity contribution in [3.05, 3.63) is 0 Å². The molecule has 4 heteroatoms. The molecule has 0 aliphatic heterocycles. The van der Waals surface area contributed by atoms with Crippen molar-refractivity contribution < 1.29 is 14.3 Å². The van der Waals surface area contributed by atoms with E-state index in [9.17, 15) is 9.59 Å². The summed E-state index contributed by atoms with van der Waals surface area (Å²) in [5.41, 5.74) is -0.486. The van der Waals surface area contributed by atoms with E-state index in [1.807, 2.05) is 27.7 Å². The summed E-state index contributed by atoms with van der Waals surface area (Å²) in [6, 6.07) is 0.179. The molecule has 0 fully saturated rings. The number of ether oxygens (including phenoxy) is 1. The topological polar surface area (TPSA) is 55.4 Å². The average Bonchev–Trinajstić information content (AvgIpc) is 2.30. The van der Waals surface area contributed by atoms with Crippen LogP contribution in [-0.4, -0.2) is 23.5 Å². The van der Waals surface area contributed by atoms with Crippen LogP contribution >= 0.6 is 0 Å². The molecule has 118 valence electrons. The van der Waals surface area contributed by atoms with Crippen LogP contribution in [0.2, 0.25) is 0 Å². The summed E-state index contributed by atoms with van der Waals surface area (Å²) in [4.78, 5) is 23.2. The van der Waals surface area contributed by atoms with Crippen LogP contribution in [0.15, 0.2) is 0 Å². The largest absolute Gasteiger partial charge is 0.460 e. The van der Waals surface area contributed by atoms with E-state index >= 15 is 0 Å². The number of esters is 1. The number of amides is 1. The van der Waals surface area contributed by atoms with Gasteiger partial charge in [-0.2, -0.15) is 0 Å². The molecule has 0 radical (unpaired) electrons. The number of carbonyl (C=O) groups excluding carboxylic acids is 2. The van der Waals surface area contributed by atoms with Gasteiger partial charge in [0, 0.05) is 12.5 Å². The third-order valence-electron chi connectivity index (χ3n) is 2.87. The van der Waals surface area contributed by atoms with Crippen molar-refractivity contribution in [2.75, 3.05) is 0 Å². The van der Waals surface area contributed by atoms with E-state index in [4.69, 9.17) is 4.74 Å². The van der Waals surface area contributed by atoms with Gasteiger partial charge in [-0.15, -0.1) is 0 Å². The van der Waals surface area contributed by atoms with Crippen LogP contribution < -0.4 is 5.32 Å². The van der Waals surface area contributed by atoms with Crippen molar-refractivity contribution in [2.45, 2.75) is 91.2 Å². The van der Waals surface area contributed by atoms with Crippen LogP contribution in [0.3, 0.4) is 0 Å². The van der Waals surface area contributed by atoms with Gasteiger partial charge >= 0.3 is 5.97 Å². The Morgan fingerprint density at radius 2 is 1.75 bits per heavy atom. The summed E-state index contributed by atoms with van der Waals surface area (Å²) in [7, 11) is 0. The molecular formula is C16H31NO3. The molecule has 1 atom stereocenters. The van der Waals surface area contributed by atoms with Gasteiger partial charge in [-0.25, -0.2) is 0 Å². The predicted molar refractivity (Wildman–Crippen MR) is 81.4 cm³/mol. The molecule has 0 saturated heterocycles. The molecule has 4 nitrogen and oxygen atoms in total. The minimum atomic E-state index is -0.486. The van der Waals surface area contributed by atoms with Crippen molar-refractivity contribution in [3.8, 4) is 0 Å². The lowest BCUT2D eigenvalue weighted by Gasteiger charge is -2.19. The third kappa shape index (κ3) is 12.0. The summed E-state index contributed by atoms with van der Waals surface area (Å²) < 4.78 is 5.17. The Hall–Kier alpha value is -1.06. The molecule has 0 aromatic heterocycles. The van der Waals surface area contributed by atoms with E-state index in [0.29, 0.717) is 0 Å². The lowest BCUT2D eigenvalue weighted by atomic mass is 10.1. The van der Waals surface area contributed by atoms with Crippen LogP contribution in [0.5, 0.6) is 0 Å². The summed E-state index contributed by atoms with van der Waals surface area (Å²) >= 11 is 0.